The van der Waals surface area contributed by atoms with Crippen molar-refractivity contribution in [3.8, 4) is 0 Å². The van der Waals surface area contributed by atoms with Crippen molar-refractivity contribution in [2.24, 2.45) is 11.0 Å². The lowest BCUT2D eigenvalue weighted by atomic mass is 10.0. The molecule has 0 aromatic heterocycles. The fourth-order valence-electron chi connectivity index (χ4n) is 2.14. The molecule has 0 heterocycles. The molecule has 0 aliphatic heterocycles. The van der Waals surface area contributed by atoms with Crippen LogP contribution in [0.1, 0.15) is 41.0 Å². The highest BCUT2D eigenvalue weighted by Gasteiger charge is 2.22. The molecule has 3 N–H and O–H groups in total. The quantitative estimate of drug-likeness (QED) is 0.245. The number of aliphatic carboxylic acids is 1. The maximum Gasteiger partial charge on any atom is 0.353 e. The van der Waals surface area contributed by atoms with E-state index in [0.717, 1.165) is 0 Å². The van der Waals surface area contributed by atoms with Crippen LogP contribution in [-0.2, 0) is 19.1 Å². The van der Waals surface area contributed by atoms with E-state index in [-0.39, 0.29) is 29.6 Å². The van der Waals surface area contributed by atoms with Crippen molar-refractivity contribution in [1.29, 1.82) is 0 Å². The Morgan fingerprint density at radius 1 is 1.37 bits per heavy atom. The molecule has 0 radical (unpaired) electrons. The number of carbonyl (C=O) groups is 2. The molecule has 8 heteroatoms. The summed E-state index contributed by atoms with van der Waals surface area (Å²) in [6.07, 6.45) is 3.68. The van der Waals surface area contributed by atoms with Gasteiger partial charge in [0, 0.05) is 18.6 Å². The summed E-state index contributed by atoms with van der Waals surface area (Å²) in [5.74, 6) is -0.404. The van der Waals surface area contributed by atoms with E-state index >= 15 is 0 Å². The molecule has 0 fully saturated rings. The first-order valence-electron chi connectivity index (χ1n) is 8.83. The molecule has 8 nitrogen and oxygen atoms in total. The number of allylic oxidation sites excluding steroid dienone is 1. The van der Waals surface area contributed by atoms with E-state index in [0.29, 0.717) is 30.3 Å². The molecular formula is C19H29N3O5. The standard InChI is InChI=1S/C19H29N3O5/c1-11(2)10-26-16-7-15(8-17(9-16)27-12(3)4)18(23)20-14(6)22-21-13(5)19(24)25/h8-9,11-12,16,21H,5,7,10H2,1-4,6H3,(H,24,25)(H,20,22,23). The van der Waals surface area contributed by atoms with Crippen LogP contribution in [0, 0.1) is 5.92 Å². The number of carboxylic acid groups (broad SMARTS) is 1. The smallest absolute Gasteiger partial charge is 0.353 e. The molecule has 1 rings (SSSR count). The largest absolute Gasteiger partial charge is 0.491 e. The number of carbonyl (C=O) groups excluding carboxylic acids is 1. The number of rotatable bonds is 9. The van der Waals surface area contributed by atoms with E-state index in [1.165, 1.54) is 6.92 Å². The number of nitrogens with zero attached hydrogens (tertiary/aromatic N) is 1. The van der Waals surface area contributed by atoms with Crippen molar-refractivity contribution in [3.63, 3.8) is 0 Å². The molecule has 1 aliphatic rings. The van der Waals surface area contributed by atoms with Crippen LogP contribution in [0.2, 0.25) is 0 Å². The molecule has 0 saturated carbocycles. The Morgan fingerprint density at radius 3 is 2.59 bits per heavy atom. The van der Waals surface area contributed by atoms with Gasteiger partial charge in [-0.05, 0) is 38.8 Å². The third kappa shape index (κ3) is 8.54. The molecule has 1 aliphatic carbocycles. The molecule has 0 saturated heterocycles. The van der Waals surface area contributed by atoms with E-state index in [1.54, 1.807) is 6.08 Å². The number of ether oxygens (including phenoxy) is 2. The first kappa shape index (κ1) is 22.4. The van der Waals surface area contributed by atoms with Crippen LogP contribution in [0.4, 0.5) is 0 Å². The highest BCUT2D eigenvalue weighted by molar-refractivity contribution is 6.05. The number of nitrogens with one attached hydrogen (secondary N) is 2. The number of hydrogen-bond acceptors (Lipinski definition) is 6. The van der Waals surface area contributed by atoms with Crippen molar-refractivity contribution >= 4 is 17.7 Å². The van der Waals surface area contributed by atoms with Crippen LogP contribution in [0.5, 0.6) is 0 Å². The van der Waals surface area contributed by atoms with Gasteiger partial charge in [-0.25, -0.2) is 4.79 Å². The molecular weight excluding hydrogens is 350 g/mol. The fraction of sp³-hybridized carbons (Fsp3) is 0.526. The Balaban J connectivity index is 2.81. The summed E-state index contributed by atoms with van der Waals surface area (Å²) in [7, 11) is 0. The summed E-state index contributed by atoms with van der Waals surface area (Å²) in [6.45, 7) is 13.3. The zero-order valence-corrected chi connectivity index (χ0v) is 16.5. The lowest BCUT2D eigenvalue weighted by molar-refractivity contribution is -0.133. The molecule has 27 heavy (non-hydrogen) atoms. The molecule has 0 bridgehead atoms. The number of hydrogen-bond donors (Lipinski definition) is 3. The van der Waals surface area contributed by atoms with E-state index in [1.807, 2.05) is 19.9 Å². The van der Waals surface area contributed by atoms with Gasteiger partial charge in [-0.3, -0.25) is 10.2 Å². The summed E-state index contributed by atoms with van der Waals surface area (Å²) >= 11 is 0. The highest BCUT2D eigenvalue weighted by Crippen LogP contribution is 2.22. The van der Waals surface area contributed by atoms with Crippen molar-refractivity contribution in [2.75, 3.05) is 6.61 Å². The van der Waals surface area contributed by atoms with Gasteiger partial charge >= 0.3 is 5.97 Å². The SMILES string of the molecule is C=C(N/N=C(\C)NC(=O)C1=CC(OC(C)C)=CC(OCC(C)C)C1)C(=O)O. The maximum absolute atomic E-state index is 12.5. The zero-order chi connectivity index (χ0) is 20.6. The van der Waals surface area contributed by atoms with E-state index in [4.69, 9.17) is 14.6 Å². The average Bonchev–Trinajstić information content (AvgIpc) is 2.56. The predicted molar refractivity (Wildman–Crippen MR) is 103 cm³/mol. The van der Waals surface area contributed by atoms with Crippen molar-refractivity contribution < 1.29 is 24.2 Å². The third-order valence-corrected chi connectivity index (χ3v) is 3.31. The van der Waals surface area contributed by atoms with Crippen LogP contribution >= 0.6 is 0 Å². The Bertz CT molecular complexity index is 662. The van der Waals surface area contributed by atoms with Crippen LogP contribution < -0.4 is 10.7 Å². The topological polar surface area (TPSA) is 109 Å². The maximum atomic E-state index is 12.5. The lowest BCUT2D eigenvalue weighted by Crippen LogP contribution is -2.33. The van der Waals surface area contributed by atoms with Crippen LogP contribution in [0.15, 0.2) is 40.9 Å². The molecule has 0 spiro atoms. The first-order valence-corrected chi connectivity index (χ1v) is 8.83. The second-order valence-corrected chi connectivity index (χ2v) is 6.92. The molecule has 1 atom stereocenters. The van der Waals surface area contributed by atoms with E-state index in [2.05, 4.69) is 36.3 Å². The fourth-order valence-corrected chi connectivity index (χ4v) is 2.14. The summed E-state index contributed by atoms with van der Waals surface area (Å²) in [6, 6.07) is 0. The molecule has 0 aromatic carbocycles. The van der Waals surface area contributed by atoms with Crippen LogP contribution in [0.25, 0.3) is 0 Å². The van der Waals surface area contributed by atoms with Gasteiger partial charge in [0.15, 0.2) is 0 Å². The Hall–Kier alpha value is -2.61. The second-order valence-electron chi connectivity index (χ2n) is 6.92. The molecule has 150 valence electrons. The van der Waals surface area contributed by atoms with Gasteiger partial charge in [0.1, 0.15) is 17.3 Å². The van der Waals surface area contributed by atoms with Crippen molar-refractivity contribution in [2.45, 2.75) is 53.2 Å². The average molecular weight is 379 g/mol. The summed E-state index contributed by atoms with van der Waals surface area (Å²) in [5, 5.41) is 15.1. The van der Waals surface area contributed by atoms with Crippen molar-refractivity contribution in [1.82, 2.24) is 10.7 Å². The number of amides is 1. The first-order chi connectivity index (χ1) is 12.6. The Morgan fingerprint density at radius 2 is 2.04 bits per heavy atom. The molecule has 0 aromatic rings. The van der Waals surface area contributed by atoms with Crippen LogP contribution in [0.3, 0.4) is 0 Å². The molecule has 1 unspecified atom stereocenters. The normalized spacial score (nSPS) is 17.3. The van der Waals surface area contributed by atoms with Gasteiger partial charge in [-0.15, -0.1) is 0 Å². The van der Waals surface area contributed by atoms with Gasteiger partial charge in [-0.2, -0.15) is 5.10 Å². The Labute approximate surface area is 160 Å². The summed E-state index contributed by atoms with van der Waals surface area (Å²) in [4.78, 5) is 23.2. The summed E-state index contributed by atoms with van der Waals surface area (Å²) < 4.78 is 11.6. The second kappa shape index (κ2) is 10.5. The number of amidine groups is 1. The van der Waals surface area contributed by atoms with E-state index < -0.39 is 5.97 Å². The van der Waals surface area contributed by atoms with Crippen molar-refractivity contribution in [3.05, 3.63) is 35.8 Å². The minimum atomic E-state index is -1.22. The third-order valence-electron chi connectivity index (χ3n) is 3.31. The Kier molecular flexibility index (Phi) is 8.74. The van der Waals surface area contributed by atoms with E-state index in [9.17, 15) is 9.59 Å². The van der Waals surface area contributed by atoms with Crippen LogP contribution in [-0.4, -0.2) is 41.6 Å². The highest BCUT2D eigenvalue weighted by atomic mass is 16.5. The van der Waals surface area contributed by atoms with Gasteiger partial charge in [0.25, 0.3) is 5.91 Å². The van der Waals surface area contributed by atoms with Gasteiger partial charge < -0.3 is 19.9 Å². The number of carboxylic acids is 1. The predicted octanol–water partition coefficient (Wildman–Crippen LogP) is 2.30. The van der Waals surface area contributed by atoms with Gasteiger partial charge in [-0.1, -0.05) is 20.4 Å². The van der Waals surface area contributed by atoms with Gasteiger partial charge in [0.2, 0.25) is 0 Å². The molecule has 1 amide bonds. The minimum absolute atomic E-state index is 0.0322. The zero-order valence-electron chi connectivity index (χ0n) is 16.5. The number of hydrazone groups is 1. The monoisotopic (exact) mass is 379 g/mol. The minimum Gasteiger partial charge on any atom is -0.491 e. The van der Waals surface area contributed by atoms with Gasteiger partial charge in [0.05, 0.1) is 12.2 Å². The summed E-state index contributed by atoms with van der Waals surface area (Å²) in [5.41, 5.74) is 2.47. The lowest BCUT2D eigenvalue weighted by Gasteiger charge is -2.23.